The Kier molecular flexibility index (Phi) is 5.81. The highest BCUT2D eigenvalue weighted by Gasteiger charge is 2.20. The summed E-state index contributed by atoms with van der Waals surface area (Å²) < 4.78 is 15.4. The molecule has 5 heteroatoms. The van der Waals surface area contributed by atoms with Crippen molar-refractivity contribution in [3.63, 3.8) is 0 Å². The van der Waals surface area contributed by atoms with Crippen LogP contribution >= 0.6 is 0 Å². The Morgan fingerprint density at radius 1 is 1.14 bits per heavy atom. The minimum absolute atomic E-state index is 0.256. The van der Waals surface area contributed by atoms with Gasteiger partial charge in [0, 0.05) is 12.5 Å². The van der Waals surface area contributed by atoms with Crippen molar-refractivity contribution < 1.29 is 23.8 Å². The van der Waals surface area contributed by atoms with Crippen molar-refractivity contribution in [2.45, 2.75) is 32.1 Å². The van der Waals surface area contributed by atoms with Crippen LogP contribution in [0.3, 0.4) is 0 Å². The van der Waals surface area contributed by atoms with E-state index < -0.39 is 0 Å². The third-order valence-electron chi connectivity index (χ3n) is 4.00. The Morgan fingerprint density at radius 2 is 1.86 bits per heavy atom. The minimum Gasteiger partial charge on any atom is -0.497 e. The van der Waals surface area contributed by atoms with E-state index in [1.165, 1.54) is 20.0 Å². The van der Waals surface area contributed by atoms with Crippen LogP contribution in [0.4, 0.5) is 0 Å². The summed E-state index contributed by atoms with van der Waals surface area (Å²) in [6.45, 7) is -0.256. The van der Waals surface area contributed by atoms with Crippen LogP contribution in [0.5, 0.6) is 11.5 Å². The Hall–Kier alpha value is -2.04. The molecule has 0 spiro atoms. The summed E-state index contributed by atoms with van der Waals surface area (Å²) in [7, 11) is 3.03. The summed E-state index contributed by atoms with van der Waals surface area (Å²) in [4.78, 5) is 23.9. The molecule has 0 atom stereocenters. The van der Waals surface area contributed by atoms with Crippen LogP contribution in [0.2, 0.25) is 0 Å². The summed E-state index contributed by atoms with van der Waals surface area (Å²) in [5.74, 6) is 0.855. The van der Waals surface area contributed by atoms with Crippen LogP contribution in [0.15, 0.2) is 18.2 Å². The van der Waals surface area contributed by atoms with Crippen molar-refractivity contribution in [2.75, 3.05) is 20.8 Å². The number of hydrogen-bond acceptors (Lipinski definition) is 5. The van der Waals surface area contributed by atoms with Gasteiger partial charge in [0.15, 0.2) is 6.61 Å². The zero-order valence-electron chi connectivity index (χ0n) is 13.1. The number of esters is 1. The van der Waals surface area contributed by atoms with Gasteiger partial charge in [-0.3, -0.25) is 9.59 Å². The number of hydrogen-bond donors (Lipinski definition) is 0. The van der Waals surface area contributed by atoms with Gasteiger partial charge >= 0.3 is 5.97 Å². The number of ether oxygens (including phenoxy) is 3. The number of benzene rings is 1. The normalized spacial score (nSPS) is 14.6. The summed E-state index contributed by atoms with van der Waals surface area (Å²) in [5.41, 5.74) is 0.386. The molecule has 0 amide bonds. The Morgan fingerprint density at radius 3 is 2.50 bits per heavy atom. The van der Waals surface area contributed by atoms with E-state index in [4.69, 9.17) is 14.2 Å². The molecule has 1 aromatic carbocycles. The van der Waals surface area contributed by atoms with E-state index in [-0.39, 0.29) is 18.4 Å². The summed E-state index contributed by atoms with van der Waals surface area (Å²) >= 11 is 0. The fourth-order valence-corrected chi connectivity index (χ4v) is 2.76. The van der Waals surface area contributed by atoms with E-state index in [1.807, 2.05) is 0 Å². The number of carbonyl (C=O) groups excluding carboxylic acids is 2. The molecule has 1 aliphatic carbocycles. The molecule has 120 valence electrons. The number of ketones is 1. The molecule has 1 aliphatic rings. The van der Waals surface area contributed by atoms with E-state index >= 15 is 0 Å². The topological polar surface area (TPSA) is 61.8 Å². The third-order valence-corrected chi connectivity index (χ3v) is 4.00. The van der Waals surface area contributed by atoms with E-state index in [9.17, 15) is 9.59 Å². The Bertz CT molecular complexity index is 532. The van der Waals surface area contributed by atoms with Crippen molar-refractivity contribution in [1.29, 1.82) is 0 Å². The van der Waals surface area contributed by atoms with E-state index in [1.54, 1.807) is 25.3 Å². The second kappa shape index (κ2) is 7.82. The number of carbonyl (C=O) groups is 2. The van der Waals surface area contributed by atoms with Gasteiger partial charge in [0.25, 0.3) is 0 Å². The average Bonchev–Trinajstić information content (AvgIpc) is 3.04. The maximum atomic E-state index is 12.2. The zero-order valence-corrected chi connectivity index (χ0v) is 13.1. The largest absolute Gasteiger partial charge is 0.497 e. The van der Waals surface area contributed by atoms with Gasteiger partial charge in [0.2, 0.25) is 5.78 Å². The first-order valence-corrected chi connectivity index (χ1v) is 7.55. The van der Waals surface area contributed by atoms with Gasteiger partial charge in [0.1, 0.15) is 11.5 Å². The van der Waals surface area contributed by atoms with Crippen molar-refractivity contribution in [3.8, 4) is 11.5 Å². The smallest absolute Gasteiger partial charge is 0.306 e. The molecule has 5 nitrogen and oxygen atoms in total. The molecular weight excluding hydrogens is 284 g/mol. The summed E-state index contributed by atoms with van der Waals surface area (Å²) in [6.07, 6.45) is 4.93. The number of Topliss-reactive ketones (excluding diaryl/α,β-unsaturated/α-hetero) is 1. The first kappa shape index (κ1) is 16.3. The minimum atomic E-state index is -0.298. The van der Waals surface area contributed by atoms with Crippen LogP contribution < -0.4 is 9.47 Å². The molecule has 0 aromatic heterocycles. The lowest BCUT2D eigenvalue weighted by atomic mass is 10.0. The molecule has 1 aromatic rings. The fourth-order valence-electron chi connectivity index (χ4n) is 2.76. The van der Waals surface area contributed by atoms with E-state index in [2.05, 4.69) is 0 Å². The molecule has 0 N–H and O–H groups in total. The first-order chi connectivity index (χ1) is 10.6. The lowest BCUT2D eigenvalue weighted by Gasteiger charge is -2.11. The molecule has 1 fully saturated rings. The van der Waals surface area contributed by atoms with Crippen LogP contribution in [0, 0.1) is 5.92 Å². The van der Waals surface area contributed by atoms with Crippen molar-refractivity contribution in [3.05, 3.63) is 23.8 Å². The molecule has 0 bridgehead atoms. The third kappa shape index (κ3) is 4.23. The molecule has 1 saturated carbocycles. The first-order valence-electron chi connectivity index (χ1n) is 7.55. The average molecular weight is 306 g/mol. The Balaban J connectivity index is 1.90. The second-order valence-electron chi connectivity index (χ2n) is 5.50. The maximum Gasteiger partial charge on any atom is 0.306 e. The van der Waals surface area contributed by atoms with Crippen LogP contribution in [-0.2, 0) is 9.53 Å². The standard InChI is InChI=1S/C17H22O5/c1-20-13-7-8-14(16(10-13)21-2)15(18)11-22-17(19)9-12-5-3-4-6-12/h7-8,10,12H,3-6,9,11H2,1-2H3. The highest BCUT2D eigenvalue weighted by Crippen LogP contribution is 2.28. The van der Waals surface area contributed by atoms with Gasteiger partial charge in [-0.15, -0.1) is 0 Å². The molecule has 0 saturated heterocycles. The fraction of sp³-hybridized carbons (Fsp3) is 0.529. The highest BCUT2D eigenvalue weighted by atomic mass is 16.5. The van der Waals surface area contributed by atoms with Gasteiger partial charge < -0.3 is 14.2 Å². The van der Waals surface area contributed by atoms with Crippen molar-refractivity contribution in [1.82, 2.24) is 0 Å². The lowest BCUT2D eigenvalue weighted by molar-refractivity contribution is -0.143. The lowest BCUT2D eigenvalue weighted by Crippen LogP contribution is -2.16. The molecule has 0 unspecified atom stereocenters. The molecule has 0 heterocycles. The maximum absolute atomic E-state index is 12.2. The van der Waals surface area contributed by atoms with Crippen LogP contribution in [-0.4, -0.2) is 32.6 Å². The quantitative estimate of drug-likeness (QED) is 0.572. The zero-order chi connectivity index (χ0) is 15.9. The van der Waals surface area contributed by atoms with Gasteiger partial charge in [-0.2, -0.15) is 0 Å². The molecule has 22 heavy (non-hydrogen) atoms. The molecule has 2 rings (SSSR count). The van der Waals surface area contributed by atoms with Gasteiger partial charge in [0.05, 0.1) is 19.8 Å². The molecule has 0 aliphatic heterocycles. The van der Waals surface area contributed by atoms with Gasteiger partial charge in [-0.25, -0.2) is 0 Å². The van der Waals surface area contributed by atoms with Crippen molar-refractivity contribution in [2.24, 2.45) is 5.92 Å². The SMILES string of the molecule is COc1ccc(C(=O)COC(=O)CC2CCCC2)c(OC)c1. The molecular formula is C17H22O5. The van der Waals surface area contributed by atoms with E-state index in [0.29, 0.717) is 29.4 Å². The van der Waals surface area contributed by atoms with Gasteiger partial charge in [-0.05, 0) is 30.9 Å². The molecule has 0 radical (unpaired) electrons. The predicted octanol–water partition coefficient (Wildman–Crippen LogP) is 3.01. The predicted molar refractivity (Wildman–Crippen MR) is 81.4 cm³/mol. The summed E-state index contributed by atoms with van der Waals surface area (Å²) in [6, 6.07) is 4.93. The monoisotopic (exact) mass is 306 g/mol. The van der Waals surface area contributed by atoms with Gasteiger partial charge in [-0.1, -0.05) is 12.8 Å². The second-order valence-corrected chi connectivity index (χ2v) is 5.50. The van der Waals surface area contributed by atoms with E-state index in [0.717, 1.165) is 12.8 Å². The Labute approximate surface area is 130 Å². The number of methoxy groups -OCH3 is 2. The van der Waals surface area contributed by atoms with Crippen LogP contribution in [0.1, 0.15) is 42.5 Å². The highest BCUT2D eigenvalue weighted by molar-refractivity contribution is 6.00. The van der Waals surface area contributed by atoms with Crippen molar-refractivity contribution >= 4 is 11.8 Å². The summed E-state index contributed by atoms with van der Waals surface area (Å²) in [5, 5.41) is 0. The number of rotatable bonds is 7. The van der Waals surface area contributed by atoms with Crippen LogP contribution in [0.25, 0.3) is 0 Å².